The summed E-state index contributed by atoms with van der Waals surface area (Å²) in [5.74, 6) is 0.494. The van der Waals surface area contributed by atoms with Crippen molar-refractivity contribution in [1.82, 2.24) is 5.32 Å². The van der Waals surface area contributed by atoms with Crippen molar-refractivity contribution in [1.29, 1.82) is 0 Å². The van der Waals surface area contributed by atoms with Crippen molar-refractivity contribution in [3.8, 4) is 5.75 Å². The number of ether oxygens (including phenoxy) is 1. The molecule has 1 fully saturated rings. The molecule has 21 heavy (non-hydrogen) atoms. The van der Waals surface area contributed by atoms with Gasteiger partial charge in [-0.2, -0.15) is 0 Å². The van der Waals surface area contributed by atoms with Crippen LogP contribution in [0.2, 0.25) is 0 Å². The summed E-state index contributed by atoms with van der Waals surface area (Å²) in [5, 5.41) is 17.9. The molecular formula is C15H23N3O3. The van der Waals surface area contributed by atoms with E-state index < -0.39 is 0 Å². The lowest BCUT2D eigenvalue weighted by Gasteiger charge is -2.27. The molecular weight excluding hydrogens is 270 g/mol. The lowest BCUT2D eigenvalue weighted by Crippen LogP contribution is -2.37. The zero-order valence-corrected chi connectivity index (χ0v) is 12.6. The molecule has 1 aliphatic heterocycles. The van der Waals surface area contributed by atoms with Crippen molar-refractivity contribution < 1.29 is 9.66 Å². The zero-order chi connectivity index (χ0) is 15.2. The molecule has 1 aromatic carbocycles. The Labute approximate surface area is 125 Å². The molecule has 0 radical (unpaired) electrons. The fraction of sp³-hybridized carbons (Fsp3) is 0.600. The van der Waals surface area contributed by atoms with Gasteiger partial charge in [0.15, 0.2) is 0 Å². The summed E-state index contributed by atoms with van der Waals surface area (Å²) in [6.45, 7) is 3.13. The maximum absolute atomic E-state index is 11.2. The number of anilines is 1. The Kier molecular flexibility index (Phi) is 5.38. The molecule has 2 N–H and O–H groups in total. The van der Waals surface area contributed by atoms with Crippen LogP contribution < -0.4 is 15.4 Å². The second kappa shape index (κ2) is 7.26. The number of nitrogens with one attached hydrogen (secondary N) is 2. The van der Waals surface area contributed by atoms with Crippen LogP contribution in [0.25, 0.3) is 0 Å². The lowest BCUT2D eigenvalue weighted by atomic mass is 9.98. The molecule has 1 aromatic rings. The van der Waals surface area contributed by atoms with Crippen molar-refractivity contribution in [3.05, 3.63) is 28.3 Å². The highest BCUT2D eigenvalue weighted by molar-refractivity contribution is 5.64. The number of nitrogens with zero attached hydrogens (tertiary/aromatic N) is 1. The van der Waals surface area contributed by atoms with E-state index in [1.807, 2.05) is 0 Å². The van der Waals surface area contributed by atoms with Crippen LogP contribution in [-0.4, -0.2) is 30.7 Å². The van der Waals surface area contributed by atoms with Gasteiger partial charge in [-0.3, -0.25) is 10.1 Å². The number of methoxy groups -OCH3 is 1. The molecule has 0 bridgehead atoms. The van der Waals surface area contributed by atoms with E-state index in [9.17, 15) is 10.1 Å². The number of nitro groups is 1. The van der Waals surface area contributed by atoms with Crippen LogP contribution in [-0.2, 0) is 0 Å². The fourth-order valence-corrected chi connectivity index (χ4v) is 2.79. The SMILES string of the molecule is COc1ccc(NC(C)CC2CCCCN2)c([N+](=O)[O-])c1. The molecule has 0 amide bonds. The van der Waals surface area contributed by atoms with Crippen molar-refractivity contribution in [3.63, 3.8) is 0 Å². The highest BCUT2D eigenvalue weighted by Gasteiger charge is 2.19. The molecule has 2 unspecified atom stereocenters. The molecule has 6 heteroatoms. The maximum atomic E-state index is 11.2. The number of nitro benzene ring substituents is 1. The van der Waals surface area contributed by atoms with Gasteiger partial charge >= 0.3 is 0 Å². The van der Waals surface area contributed by atoms with Crippen LogP contribution in [0.4, 0.5) is 11.4 Å². The Bertz CT molecular complexity index is 487. The molecule has 0 saturated carbocycles. The van der Waals surface area contributed by atoms with Gasteiger partial charge < -0.3 is 15.4 Å². The van der Waals surface area contributed by atoms with Gasteiger partial charge in [-0.05, 0) is 44.9 Å². The minimum absolute atomic E-state index is 0.0535. The smallest absolute Gasteiger partial charge is 0.296 e. The molecule has 0 aromatic heterocycles. The molecule has 2 atom stereocenters. The number of piperidine rings is 1. The highest BCUT2D eigenvalue weighted by Crippen LogP contribution is 2.30. The Morgan fingerprint density at radius 2 is 2.33 bits per heavy atom. The van der Waals surface area contributed by atoms with E-state index in [1.165, 1.54) is 32.4 Å². The summed E-state index contributed by atoms with van der Waals surface area (Å²) < 4.78 is 5.04. The molecule has 6 nitrogen and oxygen atoms in total. The molecule has 1 aliphatic rings. The molecule has 1 saturated heterocycles. The van der Waals surface area contributed by atoms with E-state index in [0.717, 1.165) is 13.0 Å². The van der Waals surface area contributed by atoms with Crippen molar-refractivity contribution in [2.24, 2.45) is 0 Å². The standard InChI is InChI=1S/C15H23N3O3/c1-11(9-12-5-3-4-8-16-12)17-14-7-6-13(21-2)10-15(14)18(19)20/h6-7,10-12,16-17H,3-5,8-9H2,1-2H3. The lowest BCUT2D eigenvalue weighted by molar-refractivity contribution is -0.384. The molecule has 0 spiro atoms. The van der Waals surface area contributed by atoms with Crippen LogP contribution in [0.15, 0.2) is 18.2 Å². The number of benzene rings is 1. The van der Waals surface area contributed by atoms with Gasteiger partial charge in [0.05, 0.1) is 18.1 Å². The van der Waals surface area contributed by atoms with Gasteiger partial charge in [-0.1, -0.05) is 6.42 Å². The summed E-state index contributed by atoms with van der Waals surface area (Å²) in [5.41, 5.74) is 0.599. The van der Waals surface area contributed by atoms with E-state index >= 15 is 0 Å². The van der Waals surface area contributed by atoms with Gasteiger partial charge in [0, 0.05) is 12.1 Å². The van der Waals surface area contributed by atoms with Crippen LogP contribution in [0, 0.1) is 10.1 Å². The Hall–Kier alpha value is -1.82. The van der Waals surface area contributed by atoms with Crippen molar-refractivity contribution in [2.75, 3.05) is 19.0 Å². The number of hydrogen-bond donors (Lipinski definition) is 2. The monoisotopic (exact) mass is 293 g/mol. The Morgan fingerprint density at radius 1 is 1.52 bits per heavy atom. The van der Waals surface area contributed by atoms with Crippen LogP contribution in [0.5, 0.6) is 5.75 Å². The first-order valence-corrected chi connectivity index (χ1v) is 7.42. The third-order valence-corrected chi connectivity index (χ3v) is 3.85. The Balaban J connectivity index is 2.02. The zero-order valence-electron chi connectivity index (χ0n) is 12.6. The first-order valence-electron chi connectivity index (χ1n) is 7.42. The predicted molar refractivity (Wildman–Crippen MR) is 83.0 cm³/mol. The summed E-state index contributed by atoms with van der Waals surface area (Å²) in [6, 6.07) is 5.57. The van der Waals surface area contributed by atoms with E-state index in [-0.39, 0.29) is 16.7 Å². The third-order valence-electron chi connectivity index (χ3n) is 3.85. The number of hydrogen-bond acceptors (Lipinski definition) is 5. The quantitative estimate of drug-likeness (QED) is 0.623. The van der Waals surface area contributed by atoms with E-state index in [4.69, 9.17) is 4.74 Å². The number of rotatable bonds is 6. The maximum Gasteiger partial charge on any atom is 0.296 e. The first-order chi connectivity index (χ1) is 10.1. The molecule has 116 valence electrons. The average molecular weight is 293 g/mol. The average Bonchev–Trinajstić information content (AvgIpc) is 2.48. The molecule has 1 heterocycles. The van der Waals surface area contributed by atoms with E-state index in [0.29, 0.717) is 17.5 Å². The normalized spacial score (nSPS) is 19.8. The largest absolute Gasteiger partial charge is 0.496 e. The van der Waals surface area contributed by atoms with Gasteiger partial charge in [-0.15, -0.1) is 0 Å². The summed E-state index contributed by atoms with van der Waals surface area (Å²) in [7, 11) is 1.50. The predicted octanol–water partition coefficient (Wildman–Crippen LogP) is 2.94. The summed E-state index contributed by atoms with van der Waals surface area (Å²) in [6.07, 6.45) is 4.63. The van der Waals surface area contributed by atoms with Gasteiger partial charge in [0.2, 0.25) is 0 Å². The topological polar surface area (TPSA) is 76.4 Å². The van der Waals surface area contributed by atoms with Crippen LogP contribution in [0.3, 0.4) is 0 Å². The van der Waals surface area contributed by atoms with Crippen LogP contribution >= 0.6 is 0 Å². The van der Waals surface area contributed by atoms with Crippen molar-refractivity contribution >= 4 is 11.4 Å². The Morgan fingerprint density at radius 3 is 2.95 bits per heavy atom. The fourth-order valence-electron chi connectivity index (χ4n) is 2.79. The summed E-state index contributed by atoms with van der Waals surface area (Å²) >= 11 is 0. The van der Waals surface area contributed by atoms with Crippen molar-refractivity contribution in [2.45, 2.75) is 44.7 Å². The minimum Gasteiger partial charge on any atom is -0.496 e. The first kappa shape index (κ1) is 15.6. The summed E-state index contributed by atoms with van der Waals surface area (Å²) in [4.78, 5) is 10.8. The van der Waals surface area contributed by atoms with Gasteiger partial charge in [0.25, 0.3) is 5.69 Å². The second-order valence-corrected chi connectivity index (χ2v) is 5.57. The van der Waals surface area contributed by atoms with E-state index in [2.05, 4.69) is 17.6 Å². The molecule has 2 rings (SSSR count). The highest BCUT2D eigenvalue weighted by atomic mass is 16.6. The molecule has 0 aliphatic carbocycles. The van der Waals surface area contributed by atoms with Crippen LogP contribution in [0.1, 0.15) is 32.6 Å². The third kappa shape index (κ3) is 4.32. The van der Waals surface area contributed by atoms with E-state index in [1.54, 1.807) is 12.1 Å². The van der Waals surface area contributed by atoms with Gasteiger partial charge in [0.1, 0.15) is 11.4 Å². The second-order valence-electron chi connectivity index (χ2n) is 5.57. The van der Waals surface area contributed by atoms with Gasteiger partial charge in [-0.25, -0.2) is 0 Å². The minimum atomic E-state index is -0.379.